The van der Waals surface area contributed by atoms with Crippen molar-refractivity contribution in [3.8, 4) is 0 Å². The van der Waals surface area contributed by atoms with E-state index in [1.54, 1.807) is 27.9 Å². The molecule has 0 spiro atoms. The lowest BCUT2D eigenvalue weighted by molar-refractivity contribution is 0.0426. The number of piperidine rings is 1. The molecule has 0 aliphatic carbocycles. The van der Waals surface area contributed by atoms with Gasteiger partial charge in [0, 0.05) is 42.9 Å². The van der Waals surface area contributed by atoms with Gasteiger partial charge in [-0.25, -0.2) is 9.18 Å². The summed E-state index contributed by atoms with van der Waals surface area (Å²) in [7, 11) is 3.97. The third kappa shape index (κ3) is 6.82. The second kappa shape index (κ2) is 10.9. The van der Waals surface area contributed by atoms with E-state index < -0.39 is 5.91 Å². The van der Waals surface area contributed by atoms with Crippen molar-refractivity contribution in [3.05, 3.63) is 54.5 Å². The molecule has 2 heterocycles. The first-order valence-corrected chi connectivity index (χ1v) is 11.6. The molecular weight excluding hydrogens is 451 g/mol. The fraction of sp³-hybridized carbons (Fsp3) is 0.480. The number of hydrogen-bond donors (Lipinski definition) is 2. The summed E-state index contributed by atoms with van der Waals surface area (Å²) in [5.41, 5.74) is 6.17. The third-order valence-electron chi connectivity index (χ3n) is 5.97. The lowest BCUT2D eigenvalue weighted by Crippen LogP contribution is -2.45. The molecule has 3 rings (SSSR count). The minimum Gasteiger partial charge on any atom is -0.449 e. The van der Waals surface area contributed by atoms with Crippen LogP contribution in [-0.2, 0) is 4.74 Å². The van der Waals surface area contributed by atoms with Gasteiger partial charge < -0.3 is 25.6 Å². The van der Waals surface area contributed by atoms with Gasteiger partial charge in [-0.3, -0.25) is 9.48 Å². The molecular formula is C25H35FN6O3. The number of amides is 2. The second-order valence-corrected chi connectivity index (χ2v) is 10.0. The van der Waals surface area contributed by atoms with E-state index in [9.17, 15) is 14.0 Å². The molecule has 2 atom stereocenters. The number of allylic oxidation sites excluding steroid dienone is 1. The second-order valence-electron chi connectivity index (χ2n) is 10.0. The molecule has 0 bridgehead atoms. The van der Waals surface area contributed by atoms with Crippen LogP contribution in [0.15, 0.2) is 43.1 Å². The van der Waals surface area contributed by atoms with Crippen LogP contribution in [0.5, 0.6) is 0 Å². The van der Waals surface area contributed by atoms with Crippen molar-refractivity contribution >= 4 is 23.5 Å². The molecule has 1 aromatic carbocycles. The third-order valence-corrected chi connectivity index (χ3v) is 5.97. The van der Waals surface area contributed by atoms with Crippen molar-refractivity contribution < 1.29 is 18.7 Å². The molecule has 2 amide bonds. The maximum Gasteiger partial charge on any atom is 0.409 e. The number of primary amides is 1. The van der Waals surface area contributed by atoms with Crippen molar-refractivity contribution in [1.82, 2.24) is 19.6 Å². The number of aromatic nitrogens is 2. The van der Waals surface area contributed by atoms with Gasteiger partial charge in [0.1, 0.15) is 11.4 Å². The molecule has 1 aliphatic heterocycles. The molecule has 1 fully saturated rings. The number of rotatable bonds is 9. The SMILES string of the molecule is C=C[C@@H]1CCN(C(=O)OCC(C)(C)CN(C)C)C[C@H]1n1cc(C(N)=O)c(Nc2ccc(F)cc2)n1. The van der Waals surface area contributed by atoms with Gasteiger partial charge in [0.2, 0.25) is 0 Å². The van der Waals surface area contributed by atoms with Crippen molar-refractivity contribution in [1.29, 1.82) is 0 Å². The van der Waals surface area contributed by atoms with Gasteiger partial charge in [-0.2, -0.15) is 5.10 Å². The molecule has 0 radical (unpaired) electrons. The minimum absolute atomic E-state index is 0.0310. The monoisotopic (exact) mass is 486 g/mol. The van der Waals surface area contributed by atoms with Gasteiger partial charge in [-0.15, -0.1) is 6.58 Å². The van der Waals surface area contributed by atoms with Crippen molar-refractivity contribution in [2.75, 3.05) is 45.7 Å². The highest BCUT2D eigenvalue weighted by Crippen LogP contribution is 2.31. The summed E-state index contributed by atoms with van der Waals surface area (Å²) in [5.74, 6) is -0.726. The summed E-state index contributed by atoms with van der Waals surface area (Å²) in [6.45, 7) is 10.0. The van der Waals surface area contributed by atoms with E-state index >= 15 is 0 Å². The van der Waals surface area contributed by atoms with Gasteiger partial charge in [0.25, 0.3) is 5.91 Å². The summed E-state index contributed by atoms with van der Waals surface area (Å²) < 4.78 is 20.6. The van der Waals surface area contributed by atoms with Crippen LogP contribution >= 0.6 is 0 Å². The van der Waals surface area contributed by atoms with E-state index in [0.29, 0.717) is 31.8 Å². The Kier molecular flexibility index (Phi) is 8.16. The largest absolute Gasteiger partial charge is 0.449 e. The van der Waals surface area contributed by atoms with Crippen LogP contribution in [0.25, 0.3) is 0 Å². The number of carbonyl (C=O) groups is 2. The molecule has 2 aromatic rings. The van der Waals surface area contributed by atoms with Crippen molar-refractivity contribution in [3.63, 3.8) is 0 Å². The zero-order valence-corrected chi connectivity index (χ0v) is 20.8. The van der Waals surface area contributed by atoms with Gasteiger partial charge in [-0.1, -0.05) is 19.9 Å². The highest BCUT2D eigenvalue weighted by Gasteiger charge is 2.34. The van der Waals surface area contributed by atoms with Gasteiger partial charge >= 0.3 is 6.09 Å². The van der Waals surface area contributed by atoms with Crippen LogP contribution in [0.1, 0.15) is 36.7 Å². The zero-order chi connectivity index (χ0) is 25.8. The number of ether oxygens (including phenoxy) is 1. The number of nitrogens with zero attached hydrogens (tertiary/aromatic N) is 4. The number of halogens is 1. The highest BCUT2D eigenvalue weighted by atomic mass is 19.1. The van der Waals surface area contributed by atoms with E-state index in [1.807, 2.05) is 20.2 Å². The molecule has 3 N–H and O–H groups in total. The van der Waals surface area contributed by atoms with Gasteiger partial charge in [0.15, 0.2) is 5.82 Å². The van der Waals surface area contributed by atoms with E-state index in [0.717, 1.165) is 6.54 Å². The average molecular weight is 487 g/mol. The van der Waals surface area contributed by atoms with Crippen LogP contribution in [0, 0.1) is 17.2 Å². The van der Waals surface area contributed by atoms with Crippen molar-refractivity contribution in [2.45, 2.75) is 26.3 Å². The molecule has 190 valence electrons. The number of nitrogens with one attached hydrogen (secondary N) is 1. The van der Waals surface area contributed by atoms with Gasteiger partial charge in [-0.05, 0) is 44.8 Å². The Morgan fingerprint density at radius 2 is 2.03 bits per heavy atom. The molecule has 35 heavy (non-hydrogen) atoms. The maximum absolute atomic E-state index is 13.3. The van der Waals surface area contributed by atoms with Crippen molar-refractivity contribution in [2.24, 2.45) is 17.1 Å². The summed E-state index contributed by atoms with van der Waals surface area (Å²) in [6, 6.07) is 5.44. The number of hydrogen-bond acceptors (Lipinski definition) is 6. The number of nitrogens with two attached hydrogens (primary N) is 1. The molecule has 9 nitrogen and oxygen atoms in total. The summed E-state index contributed by atoms with van der Waals surface area (Å²) in [4.78, 5) is 28.7. The Bertz CT molecular complexity index is 1050. The fourth-order valence-electron chi connectivity index (χ4n) is 4.42. The van der Waals surface area contributed by atoms with E-state index in [2.05, 4.69) is 35.7 Å². The summed E-state index contributed by atoms with van der Waals surface area (Å²) in [6.07, 6.45) is 3.71. The zero-order valence-electron chi connectivity index (χ0n) is 20.8. The lowest BCUT2D eigenvalue weighted by atomic mass is 9.92. The topological polar surface area (TPSA) is 106 Å². The summed E-state index contributed by atoms with van der Waals surface area (Å²) in [5, 5.41) is 7.59. The minimum atomic E-state index is -0.647. The maximum atomic E-state index is 13.3. The standard InChI is InChI=1S/C25H35FN6O3/c1-6-17-11-12-31(24(34)35-16-25(2,3)15-30(4)5)14-21(17)32-13-20(22(27)33)23(29-32)28-19-9-7-18(26)8-10-19/h6-10,13,17,21H,1,11-12,14-16H2,2-5H3,(H2,27,33)(H,28,29)/t17-,21-/m1/s1. The number of carbonyl (C=O) groups excluding carboxylic acids is 2. The average Bonchev–Trinajstić information content (AvgIpc) is 3.21. The molecule has 1 saturated heterocycles. The quantitative estimate of drug-likeness (QED) is 0.525. The van der Waals surface area contributed by atoms with Gasteiger partial charge in [0.05, 0.1) is 12.6 Å². The fourth-order valence-corrected chi connectivity index (χ4v) is 4.42. The van der Waals surface area contributed by atoms with Crippen LogP contribution in [-0.4, -0.2) is 71.9 Å². The van der Waals surface area contributed by atoms with Crippen LogP contribution in [0.3, 0.4) is 0 Å². The van der Waals surface area contributed by atoms with Crippen LogP contribution < -0.4 is 11.1 Å². The molecule has 1 aromatic heterocycles. The Hall–Kier alpha value is -3.40. The number of likely N-dealkylation sites (tertiary alicyclic amines) is 1. The van der Waals surface area contributed by atoms with E-state index in [-0.39, 0.29) is 40.7 Å². The number of anilines is 2. The Morgan fingerprint density at radius 3 is 2.63 bits per heavy atom. The molecule has 0 unspecified atom stereocenters. The first-order valence-electron chi connectivity index (χ1n) is 11.6. The Labute approximate surface area is 205 Å². The lowest BCUT2D eigenvalue weighted by Gasteiger charge is -2.37. The molecule has 0 saturated carbocycles. The Morgan fingerprint density at radius 1 is 1.34 bits per heavy atom. The van der Waals surface area contributed by atoms with E-state index in [4.69, 9.17) is 10.5 Å². The number of benzene rings is 1. The van der Waals surface area contributed by atoms with Crippen LogP contribution in [0.4, 0.5) is 20.7 Å². The molecule has 10 heteroatoms. The first-order chi connectivity index (χ1) is 16.5. The normalized spacial score (nSPS) is 18.4. The van der Waals surface area contributed by atoms with E-state index in [1.165, 1.54) is 12.1 Å². The first kappa shape index (κ1) is 26.2. The predicted octanol–water partition coefficient (Wildman–Crippen LogP) is 3.64. The highest BCUT2D eigenvalue weighted by molar-refractivity contribution is 5.98. The Balaban J connectivity index is 1.77. The summed E-state index contributed by atoms with van der Waals surface area (Å²) >= 11 is 0. The smallest absolute Gasteiger partial charge is 0.409 e. The predicted molar refractivity (Wildman–Crippen MR) is 133 cm³/mol. The van der Waals surface area contributed by atoms with Crippen LogP contribution in [0.2, 0.25) is 0 Å². The molecule has 1 aliphatic rings.